The smallest absolute Gasteiger partial charge is 0.322 e. The molecule has 3 heterocycles. The molecule has 33 heavy (non-hydrogen) atoms. The minimum absolute atomic E-state index is 0.00126. The first kappa shape index (κ1) is 20.9. The fourth-order valence-corrected chi connectivity index (χ4v) is 4.28. The lowest BCUT2D eigenvalue weighted by Gasteiger charge is -2.29. The molecule has 2 aromatic carbocycles. The van der Waals surface area contributed by atoms with Crippen LogP contribution < -0.4 is 5.32 Å². The molecule has 1 unspecified atom stereocenters. The van der Waals surface area contributed by atoms with E-state index in [1.807, 2.05) is 0 Å². The van der Waals surface area contributed by atoms with Crippen LogP contribution in [0, 0.1) is 5.82 Å². The van der Waals surface area contributed by atoms with Gasteiger partial charge in [0.2, 0.25) is 11.8 Å². The van der Waals surface area contributed by atoms with Gasteiger partial charge in [0.15, 0.2) is 0 Å². The summed E-state index contributed by atoms with van der Waals surface area (Å²) in [4.78, 5) is 37.7. The molecule has 0 saturated carbocycles. The van der Waals surface area contributed by atoms with Crippen molar-refractivity contribution < 1.29 is 27.6 Å². The van der Waals surface area contributed by atoms with Crippen LogP contribution in [0.1, 0.15) is 35.3 Å². The van der Waals surface area contributed by atoms with Crippen molar-refractivity contribution in [1.82, 2.24) is 20.0 Å². The van der Waals surface area contributed by atoms with Crippen molar-refractivity contribution >= 4 is 17.7 Å². The number of nitrogens with zero attached hydrogens (tertiary/aromatic N) is 3. The Hall–Kier alpha value is -3.95. The molecule has 5 rings (SSSR count). The number of fused-ring (bicyclic) bond motifs is 1. The summed E-state index contributed by atoms with van der Waals surface area (Å²) in [5.41, 5.74) is 1.15. The van der Waals surface area contributed by atoms with Crippen molar-refractivity contribution in [2.75, 3.05) is 0 Å². The predicted octanol–water partition coefficient (Wildman–Crippen LogP) is 3.51. The second-order valence-corrected chi connectivity index (χ2v) is 7.89. The molecule has 1 aromatic heterocycles. The SMILES string of the molecule is O=C1CCC(N2Cc3cc(-c4cc(-c5ccccc5)n(C(F)F)n4)c(F)cc3C2=O)C(=O)N1. The topological polar surface area (TPSA) is 84.3 Å². The molecule has 168 valence electrons. The highest BCUT2D eigenvalue weighted by molar-refractivity contribution is 6.05. The van der Waals surface area contributed by atoms with Crippen LogP contribution in [0.25, 0.3) is 22.5 Å². The monoisotopic (exact) mass is 454 g/mol. The van der Waals surface area contributed by atoms with E-state index >= 15 is 4.39 Å². The lowest BCUT2D eigenvalue weighted by Crippen LogP contribution is -2.52. The highest BCUT2D eigenvalue weighted by atomic mass is 19.3. The Morgan fingerprint density at radius 2 is 1.79 bits per heavy atom. The van der Waals surface area contributed by atoms with E-state index in [1.54, 1.807) is 30.3 Å². The number of hydrogen-bond acceptors (Lipinski definition) is 4. The number of halogens is 3. The number of aromatic nitrogens is 2. The Morgan fingerprint density at radius 3 is 2.48 bits per heavy atom. The van der Waals surface area contributed by atoms with E-state index in [0.29, 0.717) is 15.8 Å². The third-order valence-electron chi connectivity index (χ3n) is 5.88. The highest BCUT2D eigenvalue weighted by Gasteiger charge is 2.39. The van der Waals surface area contributed by atoms with Gasteiger partial charge in [-0.05, 0) is 30.2 Å². The van der Waals surface area contributed by atoms with Crippen molar-refractivity contribution in [3.8, 4) is 22.5 Å². The molecule has 3 amide bonds. The van der Waals surface area contributed by atoms with Gasteiger partial charge in [-0.2, -0.15) is 13.9 Å². The summed E-state index contributed by atoms with van der Waals surface area (Å²) >= 11 is 0. The fourth-order valence-electron chi connectivity index (χ4n) is 4.28. The predicted molar refractivity (Wildman–Crippen MR) is 110 cm³/mol. The molecule has 0 radical (unpaired) electrons. The number of benzene rings is 2. The maximum atomic E-state index is 15.0. The highest BCUT2D eigenvalue weighted by Crippen LogP contribution is 2.35. The Labute approximate surface area is 185 Å². The van der Waals surface area contributed by atoms with Gasteiger partial charge in [-0.25, -0.2) is 9.07 Å². The van der Waals surface area contributed by atoms with Gasteiger partial charge < -0.3 is 4.90 Å². The van der Waals surface area contributed by atoms with Crippen LogP contribution in [0.15, 0.2) is 48.5 Å². The van der Waals surface area contributed by atoms with Gasteiger partial charge in [0.1, 0.15) is 11.9 Å². The van der Waals surface area contributed by atoms with Crippen LogP contribution in [0.4, 0.5) is 13.2 Å². The fraction of sp³-hybridized carbons (Fsp3) is 0.217. The Bertz CT molecular complexity index is 1290. The zero-order chi connectivity index (χ0) is 23.3. The average Bonchev–Trinajstić information content (AvgIpc) is 3.36. The van der Waals surface area contributed by atoms with Crippen molar-refractivity contribution in [1.29, 1.82) is 0 Å². The Morgan fingerprint density at radius 1 is 1.03 bits per heavy atom. The normalized spacial score (nSPS) is 18.1. The quantitative estimate of drug-likeness (QED) is 0.612. The number of hydrogen-bond donors (Lipinski definition) is 1. The van der Waals surface area contributed by atoms with Crippen LogP contribution in [-0.2, 0) is 16.1 Å². The Balaban J connectivity index is 1.52. The van der Waals surface area contributed by atoms with Crippen LogP contribution in [0.3, 0.4) is 0 Å². The van der Waals surface area contributed by atoms with E-state index in [1.165, 1.54) is 17.0 Å². The summed E-state index contributed by atoms with van der Waals surface area (Å²) in [6.45, 7) is -2.90. The molecular weight excluding hydrogens is 437 g/mol. The maximum absolute atomic E-state index is 15.0. The van der Waals surface area contributed by atoms with Crippen LogP contribution in [-0.4, -0.2) is 38.4 Å². The van der Waals surface area contributed by atoms with Crippen molar-refractivity contribution in [3.05, 3.63) is 65.5 Å². The molecular formula is C23H17F3N4O3. The van der Waals surface area contributed by atoms with E-state index in [9.17, 15) is 23.2 Å². The van der Waals surface area contributed by atoms with Gasteiger partial charge in [0, 0.05) is 29.7 Å². The van der Waals surface area contributed by atoms with Gasteiger partial charge in [0.05, 0.1) is 11.4 Å². The van der Waals surface area contributed by atoms with E-state index in [-0.39, 0.29) is 41.9 Å². The second kappa shape index (κ2) is 7.88. The van der Waals surface area contributed by atoms with Gasteiger partial charge in [0.25, 0.3) is 5.91 Å². The molecule has 0 aliphatic carbocycles. The largest absolute Gasteiger partial charge is 0.333 e. The summed E-state index contributed by atoms with van der Waals surface area (Å²) < 4.78 is 42.8. The third kappa shape index (κ3) is 3.57. The lowest BCUT2D eigenvalue weighted by molar-refractivity contribution is -0.136. The molecule has 1 fully saturated rings. The Kier molecular flexibility index (Phi) is 4.99. The number of nitrogens with one attached hydrogen (secondary N) is 1. The van der Waals surface area contributed by atoms with E-state index in [0.717, 1.165) is 6.07 Å². The van der Waals surface area contributed by atoms with Crippen molar-refractivity contribution in [2.24, 2.45) is 0 Å². The van der Waals surface area contributed by atoms with Crippen LogP contribution in [0.2, 0.25) is 0 Å². The molecule has 1 atom stereocenters. The maximum Gasteiger partial charge on any atom is 0.333 e. The zero-order valence-corrected chi connectivity index (χ0v) is 17.1. The molecule has 3 aromatic rings. The van der Waals surface area contributed by atoms with Gasteiger partial charge >= 0.3 is 6.55 Å². The van der Waals surface area contributed by atoms with E-state index in [4.69, 9.17) is 0 Å². The molecule has 0 bridgehead atoms. The van der Waals surface area contributed by atoms with Crippen LogP contribution in [0.5, 0.6) is 0 Å². The number of alkyl halides is 2. The first-order chi connectivity index (χ1) is 15.8. The standard InChI is InChI=1S/C23H17F3N4O3/c24-16-9-14-13(11-29(22(14)33)18-6-7-20(31)27-21(18)32)8-15(16)17-10-19(30(28-17)23(25)26)12-4-2-1-3-5-12/h1-5,8-10,18,23H,6-7,11H2,(H,27,31,32). The molecule has 2 aliphatic heterocycles. The number of piperidine rings is 1. The lowest BCUT2D eigenvalue weighted by atomic mass is 10.0. The van der Waals surface area contributed by atoms with Crippen molar-refractivity contribution in [3.63, 3.8) is 0 Å². The number of carbonyl (C=O) groups is 3. The van der Waals surface area contributed by atoms with Crippen LogP contribution >= 0.6 is 0 Å². The zero-order valence-electron chi connectivity index (χ0n) is 17.1. The van der Waals surface area contributed by atoms with Crippen molar-refractivity contribution in [2.45, 2.75) is 32.0 Å². The molecule has 0 spiro atoms. The average molecular weight is 454 g/mol. The minimum Gasteiger partial charge on any atom is -0.322 e. The summed E-state index contributed by atoms with van der Waals surface area (Å²) in [6.07, 6.45) is 0.280. The minimum atomic E-state index is -2.93. The third-order valence-corrected chi connectivity index (χ3v) is 5.88. The summed E-state index contributed by atoms with van der Waals surface area (Å²) in [7, 11) is 0. The first-order valence-electron chi connectivity index (χ1n) is 10.2. The number of amides is 3. The number of imide groups is 1. The summed E-state index contributed by atoms with van der Waals surface area (Å²) in [5.74, 6) is -2.28. The number of rotatable bonds is 4. The van der Waals surface area contributed by atoms with Gasteiger partial charge in [-0.1, -0.05) is 30.3 Å². The molecule has 7 nitrogen and oxygen atoms in total. The summed E-state index contributed by atoms with van der Waals surface area (Å²) in [6, 6.07) is 11.4. The summed E-state index contributed by atoms with van der Waals surface area (Å²) in [5, 5.41) is 6.13. The van der Waals surface area contributed by atoms with Gasteiger partial charge in [-0.3, -0.25) is 19.7 Å². The second-order valence-electron chi connectivity index (χ2n) is 7.89. The van der Waals surface area contributed by atoms with Gasteiger partial charge in [-0.15, -0.1) is 0 Å². The molecule has 10 heteroatoms. The molecule has 1 N–H and O–H groups in total. The van der Waals surface area contributed by atoms with E-state index in [2.05, 4.69) is 10.4 Å². The number of carbonyl (C=O) groups excluding carboxylic acids is 3. The molecule has 2 aliphatic rings. The first-order valence-corrected chi connectivity index (χ1v) is 10.2. The van der Waals surface area contributed by atoms with E-state index < -0.39 is 36.1 Å². The molecule has 1 saturated heterocycles.